The van der Waals surface area contributed by atoms with Crippen LogP contribution >= 0.6 is 27.3 Å². The van der Waals surface area contributed by atoms with Gasteiger partial charge in [-0.2, -0.15) is 4.98 Å². The van der Waals surface area contributed by atoms with E-state index in [9.17, 15) is 24.3 Å². The van der Waals surface area contributed by atoms with E-state index in [4.69, 9.17) is 4.98 Å². The molecule has 14 heteroatoms. The van der Waals surface area contributed by atoms with Gasteiger partial charge in [0.15, 0.2) is 0 Å². The molecule has 12 rings (SSSR count). The Balaban J connectivity index is 0.716. The summed E-state index contributed by atoms with van der Waals surface area (Å²) in [6, 6.07) is 12.2. The van der Waals surface area contributed by atoms with Gasteiger partial charge in [0.05, 0.1) is 44.5 Å². The molecule has 1 unspecified atom stereocenters. The number of likely N-dealkylation sites (tertiary alicyclic amines) is 2. The summed E-state index contributed by atoms with van der Waals surface area (Å²) in [6.45, 7) is 15.5. The van der Waals surface area contributed by atoms with E-state index in [1.54, 1.807) is 16.9 Å². The number of allylic oxidation sites excluding steroid dienone is 4. The summed E-state index contributed by atoms with van der Waals surface area (Å²) in [6.07, 6.45) is 16.3. The maximum Gasteiger partial charge on any atom is 0.281 e. The summed E-state index contributed by atoms with van der Waals surface area (Å²) in [5.41, 5.74) is 8.93. The molecule has 3 aliphatic heterocycles. The first-order valence-electron chi connectivity index (χ1n) is 27.4. The lowest BCUT2D eigenvalue weighted by Crippen LogP contribution is -2.61. The number of nitrogens with one attached hydrogen (secondary N) is 2. The highest BCUT2D eigenvalue weighted by Crippen LogP contribution is 2.59. The standard InChI is InChI=1S/C59H74BrN7O5S/c1-35-29-46-43(59(19-8-7-9-20-59)54-64-52(70)48-44(60)11-10-12-45(48)67(46)54)31-42(35)39-17-27-65(28-18-39)33-57-21-24-58(25-22-57,26-23-57)55(72)63-50(56(4,5)6)53(71)66-32-41(68)30-47(66)51(69)62-36(2)38-13-15-40(16-14-38)49-37(3)61-34-73-49/h10-16,31,34-36,39,41,47,50,68H,7-9,17-30,32-33H2,1-6H3,(H,62,69)(H,63,72)/t35?,36-,41+,47-,50+,57?,58?/m0/s1. The van der Waals surface area contributed by atoms with Gasteiger partial charge in [-0.1, -0.05) is 88.9 Å². The zero-order valence-corrected chi connectivity index (χ0v) is 46.1. The first-order chi connectivity index (χ1) is 34.9. The number of hydrogen-bond acceptors (Lipinski definition) is 9. The molecule has 5 atom stereocenters. The first kappa shape index (κ1) is 50.6. The molecular weight excluding hydrogens is 999 g/mol. The summed E-state index contributed by atoms with van der Waals surface area (Å²) >= 11 is 5.28. The van der Waals surface area contributed by atoms with E-state index >= 15 is 0 Å². The number of halogens is 1. The number of fused-ring (bicyclic) bond motifs is 9. The number of rotatable bonds is 10. The number of carbonyl (C=O) groups excluding carboxylic acids is 3. The van der Waals surface area contributed by atoms with Crippen molar-refractivity contribution in [3.8, 4) is 10.4 Å². The third kappa shape index (κ3) is 8.99. The number of carbonyl (C=O) groups is 3. The smallest absolute Gasteiger partial charge is 0.281 e. The highest BCUT2D eigenvalue weighted by molar-refractivity contribution is 9.10. The van der Waals surface area contributed by atoms with Gasteiger partial charge in [0.1, 0.15) is 17.9 Å². The van der Waals surface area contributed by atoms with E-state index in [1.165, 1.54) is 22.6 Å². The van der Waals surface area contributed by atoms with Crippen LogP contribution in [0.1, 0.15) is 154 Å². The molecule has 1 spiro atoms. The maximum absolute atomic E-state index is 14.6. The Kier molecular flexibility index (Phi) is 13.4. The molecule has 4 aromatic rings. The Morgan fingerprint density at radius 1 is 0.945 bits per heavy atom. The molecule has 2 bridgehead atoms. The van der Waals surface area contributed by atoms with Gasteiger partial charge in [0, 0.05) is 35.1 Å². The molecule has 2 saturated heterocycles. The quantitative estimate of drug-likeness (QED) is 0.142. The van der Waals surface area contributed by atoms with Crippen molar-refractivity contribution in [2.75, 3.05) is 26.2 Å². The Bertz CT molecular complexity index is 2930. The summed E-state index contributed by atoms with van der Waals surface area (Å²) < 4.78 is 3.20. The lowest BCUT2D eigenvalue weighted by atomic mass is 9.53. The lowest BCUT2D eigenvalue weighted by molar-refractivity contribution is -0.150. The van der Waals surface area contributed by atoms with Crippen LogP contribution in [0.2, 0.25) is 0 Å². The fourth-order valence-electron chi connectivity index (χ4n) is 14.7. The topological polar surface area (TPSA) is 150 Å². The fourth-order valence-corrected chi connectivity index (χ4v) is 16.0. The summed E-state index contributed by atoms with van der Waals surface area (Å²) in [5, 5.41) is 18.0. The molecule has 5 aliphatic carbocycles. The molecule has 4 saturated carbocycles. The molecule has 8 aliphatic rings. The number of aliphatic hydroxyl groups excluding tert-OH is 1. The zero-order valence-electron chi connectivity index (χ0n) is 43.7. The van der Waals surface area contributed by atoms with E-state index in [2.05, 4.69) is 60.1 Å². The van der Waals surface area contributed by atoms with Crippen LogP contribution in [0.3, 0.4) is 0 Å². The van der Waals surface area contributed by atoms with Crippen molar-refractivity contribution in [3.63, 3.8) is 0 Å². The molecule has 3 N–H and O–H groups in total. The minimum Gasteiger partial charge on any atom is -0.391 e. The van der Waals surface area contributed by atoms with Gasteiger partial charge in [0.2, 0.25) is 17.7 Å². The SMILES string of the molecule is Cc1ncsc1-c1ccc([C@H](C)NC(=O)[C@@H]2C[C@@H](O)CN2C(=O)[C@@H](NC(=O)C23CCC(CN4CCC(C5=CC6=C(CC5C)n5c(nc(=O)c7c(Br)cccc75)C65CCCCC5)CC4)(CC2)CC3)C(C)(C)C)cc1. The molecule has 73 heavy (non-hydrogen) atoms. The molecule has 5 heterocycles. The second-order valence-electron chi connectivity index (χ2n) is 24.6. The van der Waals surface area contributed by atoms with E-state index in [0.717, 1.165) is 141 Å². The number of amides is 3. The van der Waals surface area contributed by atoms with Gasteiger partial charge in [0.25, 0.3) is 5.56 Å². The van der Waals surface area contributed by atoms with E-state index < -0.39 is 29.0 Å². The van der Waals surface area contributed by atoms with Gasteiger partial charge < -0.3 is 30.1 Å². The van der Waals surface area contributed by atoms with E-state index in [1.807, 2.05) is 76.5 Å². The number of piperidine rings is 1. The van der Waals surface area contributed by atoms with Crippen LogP contribution in [0.15, 0.2) is 74.5 Å². The average Bonchev–Trinajstić information content (AvgIpc) is 4.06. The number of aryl methyl sites for hydroxylation is 1. The number of thiazole rings is 1. The molecule has 12 nitrogen and oxygen atoms in total. The molecule has 0 radical (unpaired) electrons. The van der Waals surface area contributed by atoms with Crippen LogP contribution in [-0.2, 0) is 19.8 Å². The Labute approximate surface area is 443 Å². The summed E-state index contributed by atoms with van der Waals surface area (Å²) in [4.78, 5) is 71.5. The van der Waals surface area contributed by atoms with Gasteiger partial charge >= 0.3 is 0 Å². The normalized spacial score (nSPS) is 28.0. The number of aromatic nitrogens is 3. The molecule has 6 fully saturated rings. The van der Waals surface area contributed by atoms with Gasteiger partial charge in [-0.3, -0.25) is 19.2 Å². The van der Waals surface area contributed by atoms with Crippen LogP contribution in [0.5, 0.6) is 0 Å². The van der Waals surface area contributed by atoms with E-state index in [0.29, 0.717) is 17.2 Å². The van der Waals surface area contributed by atoms with Crippen molar-refractivity contribution in [3.05, 3.63) is 97.1 Å². The Hall–Kier alpha value is -4.50. The molecule has 3 amide bonds. The van der Waals surface area contributed by atoms with Crippen molar-refractivity contribution in [1.29, 1.82) is 0 Å². The molecule has 388 valence electrons. The highest BCUT2D eigenvalue weighted by Gasteiger charge is 2.55. The zero-order chi connectivity index (χ0) is 51.2. The monoisotopic (exact) mass is 1070 g/mol. The van der Waals surface area contributed by atoms with Crippen LogP contribution in [-0.4, -0.2) is 91.5 Å². The van der Waals surface area contributed by atoms with Gasteiger partial charge in [-0.25, -0.2) is 4.98 Å². The van der Waals surface area contributed by atoms with Crippen LogP contribution < -0.4 is 16.2 Å². The third-order valence-corrected chi connectivity index (χ3v) is 20.6. The van der Waals surface area contributed by atoms with Crippen molar-refractivity contribution in [2.24, 2.45) is 28.1 Å². The number of nitrogens with zero attached hydrogens (tertiary/aromatic N) is 5. The fraction of sp³-hybridized carbons (Fsp3) is 0.593. The molecular formula is C59H74BrN7O5S. The van der Waals surface area contributed by atoms with Crippen molar-refractivity contribution >= 4 is 61.6 Å². The number of hydrogen-bond donors (Lipinski definition) is 3. The van der Waals surface area contributed by atoms with Crippen molar-refractivity contribution in [2.45, 2.75) is 167 Å². The number of β-amino-alcohol motifs (C(OH)–C–C–N with tert-alkyl or cyclic N) is 1. The highest BCUT2D eigenvalue weighted by atomic mass is 79.9. The lowest BCUT2D eigenvalue weighted by Gasteiger charge is -2.54. The largest absolute Gasteiger partial charge is 0.391 e. The van der Waals surface area contributed by atoms with Gasteiger partial charge in [-0.05, 0) is 165 Å². The minimum atomic E-state index is -0.851. The predicted molar refractivity (Wildman–Crippen MR) is 292 cm³/mol. The Morgan fingerprint density at radius 2 is 1.64 bits per heavy atom. The van der Waals surface area contributed by atoms with E-state index in [-0.39, 0.29) is 53.1 Å². The first-order valence-corrected chi connectivity index (χ1v) is 29.1. The molecule has 2 aromatic carbocycles. The molecule has 2 aromatic heterocycles. The predicted octanol–water partition coefficient (Wildman–Crippen LogP) is 10.4. The Morgan fingerprint density at radius 3 is 2.30 bits per heavy atom. The van der Waals surface area contributed by atoms with Crippen LogP contribution in [0.25, 0.3) is 27.0 Å². The van der Waals surface area contributed by atoms with Crippen molar-refractivity contribution in [1.82, 2.24) is 35.0 Å². The van der Waals surface area contributed by atoms with Gasteiger partial charge in [-0.15, -0.1) is 11.3 Å². The maximum atomic E-state index is 14.6. The van der Waals surface area contributed by atoms with Crippen LogP contribution in [0, 0.1) is 35.0 Å². The summed E-state index contributed by atoms with van der Waals surface area (Å²) in [7, 11) is 0. The second kappa shape index (κ2) is 19.3. The minimum absolute atomic E-state index is 0.0431. The third-order valence-electron chi connectivity index (χ3n) is 19.0. The number of aliphatic hydroxyl groups is 1. The van der Waals surface area contributed by atoms with Crippen molar-refractivity contribution < 1.29 is 19.5 Å². The average molecular weight is 1070 g/mol. The number of benzene rings is 2. The summed E-state index contributed by atoms with van der Waals surface area (Å²) in [5.74, 6) is 1.25. The second-order valence-corrected chi connectivity index (χ2v) is 26.3. The van der Waals surface area contributed by atoms with Crippen LogP contribution in [0.4, 0.5) is 0 Å².